The molecule has 1 aromatic carbocycles. The van der Waals surface area contributed by atoms with Crippen LogP contribution in [0.3, 0.4) is 0 Å². The first kappa shape index (κ1) is 12.1. The van der Waals surface area contributed by atoms with E-state index in [0.29, 0.717) is 6.54 Å². The lowest BCUT2D eigenvalue weighted by Crippen LogP contribution is -2.06. The molecule has 4 nitrogen and oxygen atoms in total. The zero-order valence-corrected chi connectivity index (χ0v) is 10.5. The van der Waals surface area contributed by atoms with Gasteiger partial charge in [-0.25, -0.2) is 0 Å². The molecule has 0 atom stereocenters. The Morgan fingerprint density at radius 2 is 2.24 bits per heavy atom. The molecular formula is C12H15ClN4. The van der Waals surface area contributed by atoms with E-state index in [9.17, 15) is 0 Å². The Kier molecular flexibility index (Phi) is 3.76. The minimum Gasteiger partial charge on any atom is -0.330 e. The van der Waals surface area contributed by atoms with Gasteiger partial charge in [0.05, 0.1) is 6.20 Å². The number of hydrogen-bond donors (Lipinski definition) is 1. The lowest BCUT2D eigenvalue weighted by Gasteiger charge is -2.00. The van der Waals surface area contributed by atoms with Gasteiger partial charge in [0.1, 0.15) is 5.69 Å². The summed E-state index contributed by atoms with van der Waals surface area (Å²) in [5, 5.41) is 8.92. The van der Waals surface area contributed by atoms with Crippen LogP contribution in [0.1, 0.15) is 12.0 Å². The second-order valence-corrected chi connectivity index (χ2v) is 4.38. The summed E-state index contributed by atoms with van der Waals surface area (Å²) >= 11 is 6.08. The molecule has 0 amide bonds. The van der Waals surface area contributed by atoms with Crippen LogP contribution in [0.2, 0.25) is 5.02 Å². The van der Waals surface area contributed by atoms with Crippen molar-refractivity contribution in [2.75, 3.05) is 6.54 Å². The van der Waals surface area contributed by atoms with Crippen molar-refractivity contribution >= 4 is 11.6 Å². The highest BCUT2D eigenvalue weighted by Gasteiger charge is 2.05. The van der Waals surface area contributed by atoms with Crippen molar-refractivity contribution in [2.45, 2.75) is 19.9 Å². The molecule has 17 heavy (non-hydrogen) atoms. The summed E-state index contributed by atoms with van der Waals surface area (Å²) in [6.07, 6.45) is 2.81. The summed E-state index contributed by atoms with van der Waals surface area (Å²) < 4.78 is 1.80. The van der Waals surface area contributed by atoms with Gasteiger partial charge in [0.15, 0.2) is 0 Å². The van der Waals surface area contributed by atoms with Gasteiger partial charge in [-0.3, -0.25) is 4.68 Å². The van der Waals surface area contributed by atoms with E-state index in [4.69, 9.17) is 17.3 Å². The van der Waals surface area contributed by atoms with Gasteiger partial charge < -0.3 is 5.73 Å². The molecular weight excluding hydrogens is 236 g/mol. The topological polar surface area (TPSA) is 56.7 Å². The van der Waals surface area contributed by atoms with E-state index in [1.807, 2.05) is 31.3 Å². The number of halogens is 1. The zero-order chi connectivity index (χ0) is 12.3. The summed E-state index contributed by atoms with van der Waals surface area (Å²) in [6, 6.07) is 5.89. The van der Waals surface area contributed by atoms with E-state index in [1.54, 1.807) is 4.68 Å². The van der Waals surface area contributed by atoms with E-state index in [2.05, 4.69) is 10.3 Å². The van der Waals surface area contributed by atoms with Crippen LogP contribution < -0.4 is 5.73 Å². The van der Waals surface area contributed by atoms with Crippen LogP contribution in [-0.4, -0.2) is 21.5 Å². The third-order valence-electron chi connectivity index (χ3n) is 2.60. The molecule has 0 saturated carbocycles. The SMILES string of the molecule is Cc1ccc(-c2cn(CCCN)nn2)cc1Cl. The average Bonchev–Trinajstić information content (AvgIpc) is 2.79. The maximum absolute atomic E-state index is 6.08. The highest BCUT2D eigenvalue weighted by atomic mass is 35.5. The van der Waals surface area contributed by atoms with Gasteiger partial charge in [0, 0.05) is 17.1 Å². The molecule has 90 valence electrons. The van der Waals surface area contributed by atoms with Gasteiger partial charge in [0.25, 0.3) is 0 Å². The third kappa shape index (κ3) is 2.84. The van der Waals surface area contributed by atoms with E-state index in [0.717, 1.165) is 34.8 Å². The first-order valence-corrected chi connectivity index (χ1v) is 5.95. The van der Waals surface area contributed by atoms with E-state index in [-0.39, 0.29) is 0 Å². The normalized spacial score (nSPS) is 10.8. The van der Waals surface area contributed by atoms with Gasteiger partial charge in [-0.2, -0.15) is 0 Å². The zero-order valence-electron chi connectivity index (χ0n) is 9.73. The van der Waals surface area contributed by atoms with Crippen LogP contribution in [0, 0.1) is 6.92 Å². The second kappa shape index (κ2) is 5.29. The van der Waals surface area contributed by atoms with Crippen molar-refractivity contribution in [1.82, 2.24) is 15.0 Å². The fraction of sp³-hybridized carbons (Fsp3) is 0.333. The van der Waals surface area contributed by atoms with Crippen LogP contribution in [0.5, 0.6) is 0 Å². The van der Waals surface area contributed by atoms with E-state index in [1.165, 1.54) is 0 Å². The fourth-order valence-electron chi connectivity index (χ4n) is 1.55. The van der Waals surface area contributed by atoms with Gasteiger partial charge >= 0.3 is 0 Å². The minimum absolute atomic E-state index is 0.658. The van der Waals surface area contributed by atoms with Gasteiger partial charge in [-0.15, -0.1) is 5.10 Å². The lowest BCUT2D eigenvalue weighted by atomic mass is 10.1. The molecule has 2 rings (SSSR count). The molecule has 0 spiro atoms. The quantitative estimate of drug-likeness (QED) is 0.906. The van der Waals surface area contributed by atoms with Crippen molar-refractivity contribution in [2.24, 2.45) is 5.73 Å². The standard InChI is InChI=1S/C12H15ClN4/c1-9-3-4-10(7-11(9)13)12-8-17(16-15-12)6-2-5-14/h3-4,7-8H,2,5-6,14H2,1H3. The molecule has 5 heteroatoms. The van der Waals surface area contributed by atoms with Crippen molar-refractivity contribution < 1.29 is 0 Å². The molecule has 0 radical (unpaired) electrons. The molecule has 0 aliphatic rings. The molecule has 0 bridgehead atoms. The van der Waals surface area contributed by atoms with Crippen molar-refractivity contribution in [3.05, 3.63) is 35.0 Å². The smallest absolute Gasteiger partial charge is 0.113 e. The number of benzene rings is 1. The molecule has 0 aliphatic heterocycles. The fourth-order valence-corrected chi connectivity index (χ4v) is 1.73. The Balaban J connectivity index is 2.21. The van der Waals surface area contributed by atoms with Gasteiger partial charge in [-0.05, 0) is 31.5 Å². The van der Waals surface area contributed by atoms with Crippen LogP contribution in [-0.2, 0) is 6.54 Å². The Morgan fingerprint density at radius 3 is 2.94 bits per heavy atom. The third-order valence-corrected chi connectivity index (χ3v) is 3.00. The summed E-state index contributed by atoms with van der Waals surface area (Å²) in [5.41, 5.74) is 8.34. The lowest BCUT2D eigenvalue weighted by molar-refractivity contribution is 0.564. The molecule has 0 aliphatic carbocycles. The molecule has 0 saturated heterocycles. The molecule has 2 N–H and O–H groups in total. The summed E-state index contributed by atoms with van der Waals surface area (Å²) in [4.78, 5) is 0. The molecule has 1 aromatic heterocycles. The Morgan fingerprint density at radius 1 is 1.41 bits per heavy atom. The highest BCUT2D eigenvalue weighted by molar-refractivity contribution is 6.31. The Labute approximate surface area is 105 Å². The average molecular weight is 251 g/mol. The minimum atomic E-state index is 0.658. The van der Waals surface area contributed by atoms with Gasteiger partial charge in [-0.1, -0.05) is 28.9 Å². The first-order valence-electron chi connectivity index (χ1n) is 5.57. The maximum Gasteiger partial charge on any atom is 0.113 e. The number of nitrogens with zero attached hydrogens (tertiary/aromatic N) is 3. The molecule has 1 heterocycles. The number of nitrogens with two attached hydrogens (primary N) is 1. The number of hydrogen-bond acceptors (Lipinski definition) is 3. The Hall–Kier alpha value is -1.39. The number of aromatic nitrogens is 3. The van der Waals surface area contributed by atoms with Crippen molar-refractivity contribution in [3.63, 3.8) is 0 Å². The van der Waals surface area contributed by atoms with Crippen LogP contribution in [0.15, 0.2) is 24.4 Å². The summed E-state index contributed by atoms with van der Waals surface area (Å²) in [7, 11) is 0. The predicted molar refractivity (Wildman–Crippen MR) is 68.9 cm³/mol. The number of aryl methyl sites for hydroxylation is 2. The van der Waals surface area contributed by atoms with Crippen LogP contribution >= 0.6 is 11.6 Å². The largest absolute Gasteiger partial charge is 0.330 e. The second-order valence-electron chi connectivity index (χ2n) is 3.97. The summed E-state index contributed by atoms with van der Waals surface area (Å²) in [5.74, 6) is 0. The molecule has 2 aromatic rings. The Bertz CT molecular complexity index is 507. The molecule has 0 unspecified atom stereocenters. The maximum atomic E-state index is 6.08. The number of rotatable bonds is 4. The monoisotopic (exact) mass is 250 g/mol. The van der Waals surface area contributed by atoms with Crippen LogP contribution in [0.25, 0.3) is 11.3 Å². The van der Waals surface area contributed by atoms with Crippen LogP contribution in [0.4, 0.5) is 0 Å². The van der Waals surface area contributed by atoms with Crippen molar-refractivity contribution in [1.29, 1.82) is 0 Å². The molecule has 0 fully saturated rings. The predicted octanol–water partition coefficient (Wildman–Crippen LogP) is 2.26. The highest BCUT2D eigenvalue weighted by Crippen LogP contribution is 2.23. The van der Waals surface area contributed by atoms with E-state index < -0.39 is 0 Å². The summed E-state index contributed by atoms with van der Waals surface area (Å²) in [6.45, 7) is 3.43. The first-order chi connectivity index (χ1) is 8.20. The van der Waals surface area contributed by atoms with Gasteiger partial charge in [0.2, 0.25) is 0 Å². The van der Waals surface area contributed by atoms with E-state index >= 15 is 0 Å². The van der Waals surface area contributed by atoms with Crippen molar-refractivity contribution in [3.8, 4) is 11.3 Å².